The van der Waals surface area contributed by atoms with Crippen molar-refractivity contribution in [2.24, 2.45) is 5.92 Å². The fraction of sp³-hybridized carbons (Fsp3) is 0.333. The smallest absolute Gasteiger partial charge is 0.261 e. The minimum absolute atomic E-state index is 0.0289. The van der Waals surface area contributed by atoms with Crippen LogP contribution in [0.3, 0.4) is 0 Å². The summed E-state index contributed by atoms with van der Waals surface area (Å²) in [7, 11) is -3.80. The van der Waals surface area contributed by atoms with Crippen LogP contribution in [-0.2, 0) is 21.2 Å². The van der Waals surface area contributed by atoms with Gasteiger partial charge in [0, 0.05) is 28.9 Å². The number of carbonyl (C=O) groups is 2. The summed E-state index contributed by atoms with van der Waals surface area (Å²) in [4.78, 5) is 26.0. The molecule has 1 N–H and O–H groups in total. The highest BCUT2D eigenvalue weighted by Gasteiger charge is 2.39. The van der Waals surface area contributed by atoms with Crippen LogP contribution in [0.4, 0.5) is 11.4 Å². The van der Waals surface area contributed by atoms with E-state index in [0.717, 1.165) is 24.1 Å². The Bertz CT molecular complexity index is 1070. The van der Waals surface area contributed by atoms with E-state index in [1.165, 1.54) is 19.1 Å². The minimum Gasteiger partial charge on any atom is -0.309 e. The Hall–Kier alpha value is -2.67. The van der Waals surface area contributed by atoms with Gasteiger partial charge in [-0.1, -0.05) is 12.1 Å². The molecule has 1 fully saturated rings. The van der Waals surface area contributed by atoms with Crippen molar-refractivity contribution in [3.05, 3.63) is 53.6 Å². The van der Waals surface area contributed by atoms with Gasteiger partial charge < -0.3 is 4.90 Å². The summed E-state index contributed by atoms with van der Waals surface area (Å²) in [5, 5.41) is 0. The lowest BCUT2D eigenvalue weighted by molar-refractivity contribution is -0.120. The van der Waals surface area contributed by atoms with Crippen molar-refractivity contribution in [3.63, 3.8) is 0 Å². The lowest BCUT2D eigenvalue weighted by Gasteiger charge is -2.22. The van der Waals surface area contributed by atoms with Gasteiger partial charge in [0.05, 0.1) is 4.90 Å². The normalized spacial score (nSPS) is 18.6. The molecule has 1 heterocycles. The van der Waals surface area contributed by atoms with E-state index in [4.69, 9.17) is 0 Å². The fourth-order valence-corrected chi connectivity index (χ4v) is 4.75. The van der Waals surface area contributed by atoms with Crippen molar-refractivity contribution in [3.8, 4) is 0 Å². The largest absolute Gasteiger partial charge is 0.309 e. The molecule has 6 nitrogen and oxygen atoms in total. The van der Waals surface area contributed by atoms with Gasteiger partial charge in [0.1, 0.15) is 0 Å². The number of ketones is 1. The highest BCUT2D eigenvalue weighted by Crippen LogP contribution is 2.39. The Balaban J connectivity index is 1.61. The maximum absolute atomic E-state index is 12.8. The van der Waals surface area contributed by atoms with Crippen LogP contribution in [0.15, 0.2) is 47.4 Å². The molecule has 0 radical (unpaired) electrons. The number of nitrogens with one attached hydrogen (secondary N) is 1. The number of nitrogens with zero attached hydrogens (tertiary/aromatic N) is 1. The van der Waals surface area contributed by atoms with Crippen molar-refractivity contribution in [1.29, 1.82) is 0 Å². The third kappa shape index (κ3) is 3.42. The summed E-state index contributed by atoms with van der Waals surface area (Å²) in [6.07, 6.45) is 2.51. The zero-order valence-corrected chi connectivity index (χ0v) is 16.6. The van der Waals surface area contributed by atoms with Gasteiger partial charge in [0.15, 0.2) is 5.78 Å². The van der Waals surface area contributed by atoms with Crippen LogP contribution in [0.1, 0.15) is 42.6 Å². The lowest BCUT2D eigenvalue weighted by atomic mass is 10.1. The molecule has 2 aromatic rings. The van der Waals surface area contributed by atoms with Crippen molar-refractivity contribution in [2.75, 3.05) is 9.62 Å². The Kier molecular flexibility index (Phi) is 4.50. The SMILES string of the molecule is CC(=O)c1cccc(NS(=O)(=O)c2ccc3c(c2)CC(C)N3C(=O)C2CC2)c1. The van der Waals surface area contributed by atoms with Crippen LogP contribution >= 0.6 is 0 Å². The number of amides is 1. The molecule has 0 saturated heterocycles. The summed E-state index contributed by atoms with van der Waals surface area (Å²) in [5.41, 5.74) is 2.45. The molecule has 1 atom stereocenters. The first-order chi connectivity index (χ1) is 13.3. The van der Waals surface area contributed by atoms with Gasteiger partial charge in [0.2, 0.25) is 5.91 Å². The number of benzene rings is 2. The van der Waals surface area contributed by atoms with Crippen molar-refractivity contribution in [1.82, 2.24) is 0 Å². The second-order valence-corrected chi connectivity index (χ2v) is 9.25. The topological polar surface area (TPSA) is 83.6 Å². The molecule has 28 heavy (non-hydrogen) atoms. The number of sulfonamides is 1. The van der Waals surface area contributed by atoms with Gasteiger partial charge in [-0.2, -0.15) is 0 Å². The quantitative estimate of drug-likeness (QED) is 0.783. The Morgan fingerprint density at radius 1 is 1.11 bits per heavy atom. The summed E-state index contributed by atoms with van der Waals surface area (Å²) >= 11 is 0. The molecule has 1 aliphatic heterocycles. The monoisotopic (exact) mass is 398 g/mol. The van der Waals surface area contributed by atoms with E-state index < -0.39 is 10.0 Å². The standard InChI is InChI=1S/C21H22N2O4S/c1-13-10-17-12-19(8-9-20(17)23(13)21(25)15-6-7-15)28(26,27)22-18-5-3-4-16(11-18)14(2)24/h3-5,8-9,11-13,15,22H,6-7,10H2,1-2H3. The fourth-order valence-electron chi connectivity index (χ4n) is 3.65. The third-order valence-electron chi connectivity index (χ3n) is 5.26. The van der Waals surface area contributed by atoms with E-state index in [-0.39, 0.29) is 28.5 Å². The number of fused-ring (bicyclic) bond motifs is 1. The van der Waals surface area contributed by atoms with E-state index in [0.29, 0.717) is 17.7 Å². The van der Waals surface area contributed by atoms with Crippen LogP contribution in [0, 0.1) is 5.92 Å². The maximum atomic E-state index is 12.8. The average molecular weight is 398 g/mol. The minimum atomic E-state index is -3.80. The summed E-state index contributed by atoms with van der Waals surface area (Å²) in [6, 6.07) is 11.3. The first kappa shape index (κ1) is 18.7. The molecule has 0 spiro atoms. The zero-order valence-electron chi connectivity index (χ0n) is 15.8. The molecule has 2 aliphatic rings. The molecule has 1 amide bonds. The number of carbonyl (C=O) groups excluding carboxylic acids is 2. The number of anilines is 2. The lowest BCUT2D eigenvalue weighted by Crippen LogP contribution is -2.36. The van der Waals surface area contributed by atoms with E-state index in [1.54, 1.807) is 30.3 Å². The van der Waals surface area contributed by atoms with Crippen LogP contribution in [0.2, 0.25) is 0 Å². The van der Waals surface area contributed by atoms with Crippen molar-refractivity contribution in [2.45, 2.75) is 44.0 Å². The second-order valence-electron chi connectivity index (χ2n) is 7.57. The Morgan fingerprint density at radius 2 is 1.86 bits per heavy atom. The number of Topliss-reactive ketones (excluding diaryl/α,β-unsaturated/α-hetero) is 1. The average Bonchev–Trinajstić information content (AvgIpc) is 3.43. The van der Waals surface area contributed by atoms with Gasteiger partial charge in [-0.25, -0.2) is 8.42 Å². The molecule has 0 aromatic heterocycles. The molecule has 1 aliphatic carbocycles. The van der Waals surface area contributed by atoms with Crippen molar-refractivity contribution >= 4 is 33.1 Å². The Morgan fingerprint density at radius 3 is 2.54 bits per heavy atom. The molecule has 146 valence electrons. The van der Waals surface area contributed by atoms with E-state index >= 15 is 0 Å². The second kappa shape index (κ2) is 6.74. The number of rotatable bonds is 5. The third-order valence-corrected chi connectivity index (χ3v) is 6.64. The zero-order chi connectivity index (χ0) is 20.1. The van der Waals surface area contributed by atoms with Gasteiger partial charge in [0.25, 0.3) is 10.0 Å². The van der Waals surface area contributed by atoms with Gasteiger partial charge >= 0.3 is 0 Å². The molecule has 2 aromatic carbocycles. The Labute approximate surface area is 164 Å². The summed E-state index contributed by atoms with van der Waals surface area (Å²) in [5.74, 6) is 0.126. The van der Waals surface area contributed by atoms with Gasteiger partial charge in [-0.05, 0) is 69.0 Å². The summed E-state index contributed by atoms with van der Waals surface area (Å²) in [6.45, 7) is 3.42. The molecular weight excluding hydrogens is 376 g/mol. The molecule has 1 saturated carbocycles. The first-order valence-corrected chi connectivity index (χ1v) is 10.8. The van der Waals surface area contributed by atoms with Gasteiger partial charge in [-0.15, -0.1) is 0 Å². The van der Waals surface area contributed by atoms with E-state index in [9.17, 15) is 18.0 Å². The first-order valence-electron chi connectivity index (χ1n) is 9.36. The molecule has 0 bridgehead atoms. The van der Waals surface area contributed by atoms with Crippen LogP contribution in [-0.4, -0.2) is 26.2 Å². The van der Waals surface area contributed by atoms with Crippen LogP contribution in [0.25, 0.3) is 0 Å². The predicted octanol–water partition coefficient (Wildman–Crippen LogP) is 3.38. The highest BCUT2D eigenvalue weighted by molar-refractivity contribution is 7.92. The van der Waals surface area contributed by atoms with Crippen molar-refractivity contribution < 1.29 is 18.0 Å². The molecule has 7 heteroatoms. The molecule has 1 unspecified atom stereocenters. The van der Waals surface area contributed by atoms with E-state index in [2.05, 4.69) is 4.72 Å². The summed E-state index contributed by atoms with van der Waals surface area (Å²) < 4.78 is 28.2. The van der Waals surface area contributed by atoms with Gasteiger partial charge in [-0.3, -0.25) is 14.3 Å². The van der Waals surface area contributed by atoms with E-state index in [1.807, 2.05) is 11.8 Å². The molecular formula is C21H22N2O4S. The highest BCUT2D eigenvalue weighted by atomic mass is 32.2. The number of hydrogen-bond acceptors (Lipinski definition) is 4. The number of hydrogen-bond donors (Lipinski definition) is 1. The molecule has 4 rings (SSSR count). The van der Waals surface area contributed by atoms with Crippen LogP contribution in [0.5, 0.6) is 0 Å². The predicted molar refractivity (Wildman–Crippen MR) is 107 cm³/mol. The maximum Gasteiger partial charge on any atom is 0.261 e. The van der Waals surface area contributed by atoms with Crippen LogP contribution < -0.4 is 9.62 Å².